The monoisotopic (exact) mass is 364 g/mol. The molecule has 1 aromatic rings. The second-order valence-electron chi connectivity index (χ2n) is 6.15. The van der Waals surface area contributed by atoms with Crippen LogP contribution >= 0.6 is 23.4 Å². The van der Waals surface area contributed by atoms with Crippen molar-refractivity contribution < 1.29 is 4.79 Å². The zero-order chi connectivity index (χ0) is 17.9. The van der Waals surface area contributed by atoms with Crippen LogP contribution in [0.1, 0.15) is 44.0 Å². The van der Waals surface area contributed by atoms with Crippen molar-refractivity contribution in [3.8, 4) is 0 Å². The number of thioether (sulfide) groups is 1. The molecule has 0 fully saturated rings. The Morgan fingerprint density at radius 2 is 2.04 bits per heavy atom. The van der Waals surface area contributed by atoms with E-state index in [0.29, 0.717) is 10.6 Å². The normalized spacial score (nSPS) is 16.2. The second-order valence-corrected chi connectivity index (χ2v) is 7.82. The van der Waals surface area contributed by atoms with E-state index in [9.17, 15) is 4.79 Å². The summed E-state index contributed by atoms with van der Waals surface area (Å²) in [5, 5.41) is 1.59. The van der Waals surface area contributed by atoms with Gasteiger partial charge < -0.3 is 9.80 Å². The molecule has 0 saturated carbocycles. The predicted octanol–water partition coefficient (Wildman–Crippen LogP) is 5.53. The summed E-state index contributed by atoms with van der Waals surface area (Å²) < 4.78 is 0. The Kier molecular flexibility index (Phi) is 6.41. The summed E-state index contributed by atoms with van der Waals surface area (Å²) in [6.07, 6.45) is 3.99. The standard InChI is InChI=1S/C19H25ClN2OS/c1-6-7-10-22-13(2)14(3)24-19(22)12-18(23)16-11-15(20)8-9-17(16)21(4)5/h8-9,11-12H,6-7,10H2,1-5H3/b19-12-. The van der Waals surface area contributed by atoms with Crippen molar-refractivity contribution in [1.82, 2.24) is 4.90 Å². The topological polar surface area (TPSA) is 23.6 Å². The van der Waals surface area contributed by atoms with Crippen LogP contribution in [0.4, 0.5) is 5.69 Å². The fourth-order valence-electron chi connectivity index (χ4n) is 2.63. The molecule has 5 heteroatoms. The first-order chi connectivity index (χ1) is 11.3. The lowest BCUT2D eigenvalue weighted by atomic mass is 10.1. The minimum Gasteiger partial charge on any atom is -0.377 e. The van der Waals surface area contributed by atoms with Gasteiger partial charge in [-0.1, -0.05) is 36.7 Å². The number of allylic oxidation sites excluding steroid dienone is 3. The van der Waals surface area contributed by atoms with Gasteiger partial charge in [0.25, 0.3) is 0 Å². The molecule has 0 atom stereocenters. The van der Waals surface area contributed by atoms with Crippen molar-refractivity contribution in [2.75, 3.05) is 25.5 Å². The van der Waals surface area contributed by atoms with Crippen LogP contribution in [0.25, 0.3) is 0 Å². The number of benzene rings is 1. The molecule has 0 aliphatic carbocycles. The van der Waals surface area contributed by atoms with Gasteiger partial charge in [-0.15, -0.1) is 0 Å². The van der Waals surface area contributed by atoms with Crippen LogP contribution in [0.2, 0.25) is 5.02 Å². The molecule has 1 aliphatic rings. The van der Waals surface area contributed by atoms with E-state index in [0.717, 1.165) is 30.1 Å². The molecule has 0 radical (unpaired) electrons. The lowest BCUT2D eigenvalue weighted by molar-refractivity contribution is 0.104. The van der Waals surface area contributed by atoms with E-state index < -0.39 is 0 Å². The minimum atomic E-state index is -0.00676. The second kappa shape index (κ2) is 8.13. The van der Waals surface area contributed by atoms with Crippen molar-refractivity contribution in [3.05, 3.63) is 50.5 Å². The SMILES string of the molecule is CCCCN1C(C)=C(C)S/C1=C\C(=O)c1cc(Cl)ccc1N(C)C. The molecule has 0 spiro atoms. The molecule has 2 rings (SSSR count). The Bertz CT molecular complexity index is 695. The molecule has 0 amide bonds. The molecule has 0 bridgehead atoms. The molecular formula is C19H25ClN2OS. The lowest BCUT2D eigenvalue weighted by Crippen LogP contribution is -2.19. The van der Waals surface area contributed by atoms with Gasteiger partial charge in [0.15, 0.2) is 5.78 Å². The van der Waals surface area contributed by atoms with E-state index in [1.165, 1.54) is 10.6 Å². The predicted molar refractivity (Wildman–Crippen MR) is 106 cm³/mol. The number of unbranched alkanes of at least 4 members (excludes halogenated alkanes) is 1. The summed E-state index contributed by atoms with van der Waals surface area (Å²) in [6, 6.07) is 5.45. The summed E-state index contributed by atoms with van der Waals surface area (Å²) >= 11 is 7.78. The Hall–Kier alpha value is -1.39. The summed E-state index contributed by atoms with van der Waals surface area (Å²) in [7, 11) is 3.86. The van der Waals surface area contributed by atoms with Crippen molar-refractivity contribution in [2.45, 2.75) is 33.6 Å². The Labute approximate surface area is 154 Å². The first kappa shape index (κ1) is 18.9. The average molecular weight is 365 g/mol. The molecule has 24 heavy (non-hydrogen) atoms. The Balaban J connectivity index is 2.34. The van der Waals surface area contributed by atoms with Gasteiger partial charge in [0, 0.05) is 53.6 Å². The van der Waals surface area contributed by atoms with E-state index >= 15 is 0 Å². The van der Waals surface area contributed by atoms with Crippen LogP contribution in [0, 0.1) is 0 Å². The number of hydrogen-bond acceptors (Lipinski definition) is 4. The maximum Gasteiger partial charge on any atom is 0.190 e. The molecule has 0 saturated heterocycles. The van der Waals surface area contributed by atoms with E-state index in [1.54, 1.807) is 23.9 Å². The molecule has 130 valence electrons. The van der Waals surface area contributed by atoms with Gasteiger partial charge in [-0.05, 0) is 38.5 Å². The van der Waals surface area contributed by atoms with Gasteiger partial charge >= 0.3 is 0 Å². The maximum absolute atomic E-state index is 12.9. The highest BCUT2D eigenvalue weighted by atomic mass is 35.5. The van der Waals surface area contributed by atoms with Crippen molar-refractivity contribution in [3.63, 3.8) is 0 Å². The van der Waals surface area contributed by atoms with Gasteiger partial charge in [-0.25, -0.2) is 0 Å². The third-order valence-corrected chi connectivity index (χ3v) is 5.52. The number of halogens is 1. The number of rotatable bonds is 6. The summed E-state index contributed by atoms with van der Waals surface area (Å²) in [6.45, 7) is 7.35. The highest BCUT2D eigenvalue weighted by Gasteiger charge is 2.24. The number of carbonyl (C=O) groups is 1. The van der Waals surface area contributed by atoms with Crippen molar-refractivity contribution >= 4 is 34.8 Å². The van der Waals surface area contributed by atoms with Gasteiger partial charge in [-0.2, -0.15) is 0 Å². The Morgan fingerprint density at radius 3 is 2.67 bits per heavy atom. The van der Waals surface area contributed by atoms with Crippen LogP contribution in [-0.4, -0.2) is 31.3 Å². The molecule has 0 N–H and O–H groups in total. The zero-order valence-corrected chi connectivity index (χ0v) is 16.6. The highest BCUT2D eigenvalue weighted by Crippen LogP contribution is 2.41. The van der Waals surface area contributed by atoms with Crippen molar-refractivity contribution in [1.29, 1.82) is 0 Å². The van der Waals surface area contributed by atoms with Gasteiger partial charge in [0.05, 0.1) is 5.03 Å². The summed E-state index contributed by atoms with van der Waals surface area (Å²) in [5.41, 5.74) is 2.76. The average Bonchev–Trinajstić information content (AvgIpc) is 2.79. The lowest BCUT2D eigenvalue weighted by Gasteiger charge is -2.21. The molecule has 1 aliphatic heterocycles. The smallest absolute Gasteiger partial charge is 0.190 e. The van der Waals surface area contributed by atoms with Crippen LogP contribution < -0.4 is 4.90 Å². The molecule has 0 unspecified atom stereocenters. The molecule has 0 aromatic heterocycles. The van der Waals surface area contributed by atoms with E-state index in [1.807, 2.05) is 31.1 Å². The fraction of sp³-hybridized carbons (Fsp3) is 0.421. The van der Waals surface area contributed by atoms with Crippen LogP contribution in [0.5, 0.6) is 0 Å². The largest absolute Gasteiger partial charge is 0.377 e. The number of hydrogen-bond donors (Lipinski definition) is 0. The van der Waals surface area contributed by atoms with Crippen LogP contribution in [0.3, 0.4) is 0 Å². The number of nitrogens with zero attached hydrogens (tertiary/aromatic N) is 2. The molecular weight excluding hydrogens is 340 g/mol. The van der Waals surface area contributed by atoms with Gasteiger partial charge in [-0.3, -0.25) is 4.79 Å². The number of ketones is 1. The van der Waals surface area contributed by atoms with E-state index in [2.05, 4.69) is 25.7 Å². The van der Waals surface area contributed by atoms with Crippen LogP contribution in [-0.2, 0) is 0 Å². The Morgan fingerprint density at radius 1 is 1.33 bits per heavy atom. The first-order valence-corrected chi connectivity index (χ1v) is 9.40. The first-order valence-electron chi connectivity index (χ1n) is 8.21. The number of anilines is 1. The van der Waals surface area contributed by atoms with Gasteiger partial charge in [0.2, 0.25) is 0 Å². The van der Waals surface area contributed by atoms with Crippen LogP contribution in [0.15, 0.2) is 39.9 Å². The fourth-order valence-corrected chi connectivity index (χ4v) is 3.88. The summed E-state index contributed by atoms with van der Waals surface area (Å²) in [5.74, 6) is -0.00676. The third kappa shape index (κ3) is 4.17. The third-order valence-electron chi connectivity index (χ3n) is 4.13. The molecule has 1 heterocycles. The maximum atomic E-state index is 12.9. The van der Waals surface area contributed by atoms with E-state index in [4.69, 9.17) is 11.6 Å². The minimum absolute atomic E-state index is 0.00676. The molecule has 1 aromatic carbocycles. The van der Waals surface area contributed by atoms with Crippen molar-refractivity contribution in [2.24, 2.45) is 0 Å². The quantitative estimate of drug-likeness (QED) is 0.489. The highest BCUT2D eigenvalue weighted by molar-refractivity contribution is 8.06. The van der Waals surface area contributed by atoms with Gasteiger partial charge in [0.1, 0.15) is 0 Å². The molecule has 3 nitrogen and oxygen atoms in total. The van der Waals surface area contributed by atoms with E-state index in [-0.39, 0.29) is 5.78 Å². The number of carbonyl (C=O) groups excluding carboxylic acids is 1. The summed E-state index contributed by atoms with van der Waals surface area (Å²) in [4.78, 5) is 18.3. The zero-order valence-electron chi connectivity index (χ0n) is 15.0.